The SMILES string of the molecule is CC(C)(C)OC(=O)NC[C@H]1C[C@H](n2ncc3cnc(Cl)nc32)C1. The molecule has 1 amide bonds. The van der Waals surface area contributed by atoms with Crippen LogP contribution in [0.4, 0.5) is 4.79 Å². The maximum absolute atomic E-state index is 11.6. The van der Waals surface area contributed by atoms with E-state index in [2.05, 4.69) is 20.4 Å². The van der Waals surface area contributed by atoms with E-state index in [1.807, 2.05) is 25.5 Å². The normalized spacial score (nSPS) is 21.0. The van der Waals surface area contributed by atoms with Crippen LogP contribution in [0.3, 0.4) is 0 Å². The van der Waals surface area contributed by atoms with Gasteiger partial charge in [0.1, 0.15) is 5.60 Å². The second-order valence-electron chi connectivity index (χ2n) is 6.88. The van der Waals surface area contributed by atoms with Crippen LogP contribution in [0.5, 0.6) is 0 Å². The lowest BCUT2D eigenvalue weighted by molar-refractivity contribution is 0.0498. The summed E-state index contributed by atoms with van der Waals surface area (Å²) in [7, 11) is 0. The molecule has 0 unspecified atom stereocenters. The topological polar surface area (TPSA) is 81.9 Å². The molecule has 1 fully saturated rings. The molecule has 8 heteroatoms. The molecule has 2 aromatic heterocycles. The van der Waals surface area contributed by atoms with E-state index in [4.69, 9.17) is 16.3 Å². The number of carbonyl (C=O) groups is 1. The Balaban J connectivity index is 1.53. The second kappa shape index (κ2) is 5.96. The first-order valence-corrected chi connectivity index (χ1v) is 8.02. The Labute approximate surface area is 139 Å². The van der Waals surface area contributed by atoms with Gasteiger partial charge in [-0.1, -0.05) is 0 Å². The summed E-state index contributed by atoms with van der Waals surface area (Å²) in [4.78, 5) is 19.8. The van der Waals surface area contributed by atoms with Gasteiger partial charge < -0.3 is 10.1 Å². The Bertz CT molecular complexity index is 718. The predicted octanol–water partition coefficient (Wildman–Crippen LogP) is 2.96. The van der Waals surface area contributed by atoms with Gasteiger partial charge in [0.25, 0.3) is 0 Å². The minimum absolute atomic E-state index is 0.224. The molecule has 0 aliphatic heterocycles. The van der Waals surface area contributed by atoms with Gasteiger partial charge >= 0.3 is 6.09 Å². The van der Waals surface area contributed by atoms with Crippen molar-refractivity contribution in [1.29, 1.82) is 0 Å². The van der Waals surface area contributed by atoms with E-state index in [9.17, 15) is 4.79 Å². The molecule has 23 heavy (non-hydrogen) atoms. The van der Waals surface area contributed by atoms with Crippen molar-refractivity contribution in [2.45, 2.75) is 45.3 Å². The summed E-state index contributed by atoms with van der Waals surface area (Å²) in [5.41, 5.74) is 0.285. The molecule has 1 aliphatic carbocycles. The second-order valence-corrected chi connectivity index (χ2v) is 7.22. The lowest BCUT2D eigenvalue weighted by Crippen LogP contribution is -2.39. The molecule has 0 saturated heterocycles. The van der Waals surface area contributed by atoms with Crippen molar-refractivity contribution in [2.24, 2.45) is 5.92 Å². The molecule has 7 nitrogen and oxygen atoms in total. The molecule has 124 valence electrons. The summed E-state index contributed by atoms with van der Waals surface area (Å²) < 4.78 is 7.12. The van der Waals surface area contributed by atoms with E-state index in [0.29, 0.717) is 12.5 Å². The monoisotopic (exact) mass is 337 g/mol. The molecule has 0 spiro atoms. The van der Waals surface area contributed by atoms with Gasteiger partial charge in [-0.3, -0.25) is 0 Å². The smallest absolute Gasteiger partial charge is 0.407 e. The Kier molecular flexibility index (Phi) is 4.14. The average Bonchev–Trinajstić information content (AvgIpc) is 2.78. The van der Waals surface area contributed by atoms with Crippen molar-refractivity contribution >= 4 is 28.7 Å². The molecule has 2 heterocycles. The number of alkyl carbamates (subject to hydrolysis) is 1. The van der Waals surface area contributed by atoms with Crippen LogP contribution >= 0.6 is 11.6 Å². The lowest BCUT2D eigenvalue weighted by atomic mass is 9.80. The van der Waals surface area contributed by atoms with Gasteiger partial charge in [0.2, 0.25) is 5.28 Å². The number of rotatable bonds is 3. The quantitative estimate of drug-likeness (QED) is 0.871. The van der Waals surface area contributed by atoms with Crippen molar-refractivity contribution in [3.63, 3.8) is 0 Å². The fraction of sp³-hybridized carbons (Fsp3) is 0.600. The Morgan fingerprint density at radius 1 is 1.43 bits per heavy atom. The lowest BCUT2D eigenvalue weighted by Gasteiger charge is -2.35. The maximum atomic E-state index is 11.6. The van der Waals surface area contributed by atoms with E-state index in [1.54, 1.807) is 12.4 Å². The summed E-state index contributed by atoms with van der Waals surface area (Å²) >= 11 is 5.85. The molecule has 2 aromatic rings. The summed E-state index contributed by atoms with van der Waals surface area (Å²) in [6, 6.07) is 0.281. The first-order chi connectivity index (χ1) is 10.8. The van der Waals surface area contributed by atoms with E-state index in [-0.39, 0.29) is 17.4 Å². The first-order valence-electron chi connectivity index (χ1n) is 7.64. The summed E-state index contributed by atoms with van der Waals surface area (Å²) in [6.07, 6.45) is 4.93. The van der Waals surface area contributed by atoms with Crippen LogP contribution < -0.4 is 5.32 Å². The summed E-state index contributed by atoms with van der Waals surface area (Å²) in [5.74, 6) is 0.420. The van der Waals surface area contributed by atoms with Gasteiger partial charge in [-0.05, 0) is 51.1 Å². The van der Waals surface area contributed by atoms with Crippen LogP contribution in [0.2, 0.25) is 5.28 Å². The highest BCUT2D eigenvalue weighted by Crippen LogP contribution is 2.38. The molecule has 3 rings (SSSR count). The van der Waals surface area contributed by atoms with E-state index in [1.165, 1.54) is 0 Å². The van der Waals surface area contributed by atoms with Crippen molar-refractivity contribution in [3.05, 3.63) is 17.7 Å². The summed E-state index contributed by atoms with van der Waals surface area (Å²) in [6.45, 7) is 6.16. The number of hydrogen-bond donors (Lipinski definition) is 1. The molecule has 1 saturated carbocycles. The molecular weight excluding hydrogens is 318 g/mol. The molecule has 0 atom stereocenters. The maximum Gasteiger partial charge on any atom is 0.407 e. The number of ether oxygens (including phenoxy) is 1. The van der Waals surface area contributed by atoms with Gasteiger partial charge in [0.15, 0.2) is 5.65 Å². The molecule has 0 aromatic carbocycles. The van der Waals surface area contributed by atoms with Gasteiger partial charge in [0, 0.05) is 12.7 Å². The standard InChI is InChI=1S/C15H20ClN5O2/c1-15(2,3)23-14(22)18-6-9-4-11(5-9)21-12-10(8-19-21)7-17-13(16)20-12/h7-9,11H,4-6H2,1-3H3,(H,18,22)/t9-,11-. The zero-order valence-corrected chi connectivity index (χ0v) is 14.2. The number of hydrogen-bond acceptors (Lipinski definition) is 5. The molecule has 1 aliphatic rings. The van der Waals surface area contributed by atoms with Crippen molar-refractivity contribution < 1.29 is 9.53 Å². The number of fused-ring (bicyclic) bond motifs is 1. The number of carbonyl (C=O) groups excluding carboxylic acids is 1. The average molecular weight is 338 g/mol. The van der Waals surface area contributed by atoms with E-state index in [0.717, 1.165) is 23.9 Å². The number of nitrogens with one attached hydrogen (secondary N) is 1. The van der Waals surface area contributed by atoms with Gasteiger partial charge in [-0.15, -0.1) is 0 Å². The Morgan fingerprint density at radius 2 is 2.17 bits per heavy atom. The number of aromatic nitrogens is 4. The summed E-state index contributed by atoms with van der Waals surface area (Å²) in [5, 5.41) is 8.30. The molecule has 1 N–H and O–H groups in total. The van der Waals surface area contributed by atoms with Gasteiger partial charge in [-0.25, -0.2) is 14.5 Å². The minimum atomic E-state index is -0.473. The fourth-order valence-electron chi connectivity index (χ4n) is 2.69. The Morgan fingerprint density at radius 3 is 2.87 bits per heavy atom. The highest BCUT2D eigenvalue weighted by Gasteiger charge is 2.32. The number of halogens is 1. The van der Waals surface area contributed by atoms with Crippen LogP contribution in [-0.2, 0) is 4.74 Å². The third kappa shape index (κ3) is 3.72. The van der Waals surface area contributed by atoms with Crippen LogP contribution in [0.1, 0.15) is 39.7 Å². The van der Waals surface area contributed by atoms with Crippen LogP contribution in [-0.4, -0.2) is 38.0 Å². The largest absolute Gasteiger partial charge is 0.444 e. The van der Waals surface area contributed by atoms with E-state index < -0.39 is 5.60 Å². The van der Waals surface area contributed by atoms with Crippen molar-refractivity contribution in [3.8, 4) is 0 Å². The predicted molar refractivity (Wildman–Crippen MR) is 86.3 cm³/mol. The zero-order chi connectivity index (χ0) is 16.6. The van der Waals surface area contributed by atoms with E-state index >= 15 is 0 Å². The van der Waals surface area contributed by atoms with Crippen LogP contribution in [0.15, 0.2) is 12.4 Å². The minimum Gasteiger partial charge on any atom is -0.444 e. The molecule has 0 radical (unpaired) electrons. The highest BCUT2D eigenvalue weighted by molar-refractivity contribution is 6.28. The number of nitrogens with zero attached hydrogens (tertiary/aromatic N) is 4. The zero-order valence-electron chi connectivity index (χ0n) is 13.4. The highest BCUT2D eigenvalue weighted by atomic mass is 35.5. The van der Waals surface area contributed by atoms with Crippen molar-refractivity contribution in [2.75, 3.05) is 6.54 Å². The van der Waals surface area contributed by atoms with Crippen LogP contribution in [0, 0.1) is 5.92 Å². The third-order valence-corrected chi connectivity index (χ3v) is 3.98. The number of amides is 1. The first kappa shape index (κ1) is 16.0. The van der Waals surface area contributed by atoms with Crippen molar-refractivity contribution in [1.82, 2.24) is 25.1 Å². The van der Waals surface area contributed by atoms with Gasteiger partial charge in [0.05, 0.1) is 17.6 Å². The molecule has 0 bridgehead atoms. The fourth-order valence-corrected chi connectivity index (χ4v) is 2.82. The molecular formula is C15H20ClN5O2. The Hall–Kier alpha value is -1.89. The van der Waals surface area contributed by atoms with Gasteiger partial charge in [-0.2, -0.15) is 10.1 Å². The van der Waals surface area contributed by atoms with Crippen LogP contribution in [0.25, 0.3) is 11.0 Å². The third-order valence-electron chi connectivity index (χ3n) is 3.80.